The smallest absolute Gasteiger partial charge is 0.411 e. The molecule has 0 radical (unpaired) electrons. The van der Waals surface area contributed by atoms with Gasteiger partial charge in [0, 0.05) is 42.4 Å². The lowest BCUT2D eigenvalue weighted by Crippen LogP contribution is -2.48. The highest BCUT2D eigenvalue weighted by atomic mass is 32.2. The van der Waals surface area contributed by atoms with E-state index in [-0.39, 0.29) is 17.3 Å². The minimum Gasteiger partial charge on any atom is -0.444 e. The van der Waals surface area contributed by atoms with Gasteiger partial charge >= 0.3 is 6.09 Å². The van der Waals surface area contributed by atoms with E-state index in [0.29, 0.717) is 25.9 Å². The van der Waals surface area contributed by atoms with Crippen LogP contribution in [0.15, 0.2) is 0 Å². The summed E-state index contributed by atoms with van der Waals surface area (Å²) in [5.74, 6) is -0.227. The number of rotatable bonds is 6. The summed E-state index contributed by atoms with van der Waals surface area (Å²) in [5.41, 5.74) is -0.621. The minimum atomic E-state index is -0.916. The Morgan fingerprint density at radius 3 is 2.50 bits per heavy atom. The van der Waals surface area contributed by atoms with Gasteiger partial charge in [-0.05, 0) is 27.2 Å². The number of ether oxygens (including phenoxy) is 2. The monoisotopic (exact) mass is 362 g/mol. The first-order valence-corrected chi connectivity index (χ1v) is 9.79. The highest BCUT2D eigenvalue weighted by molar-refractivity contribution is 7.84. The normalized spacial score (nSPS) is 23.7. The zero-order valence-corrected chi connectivity index (χ0v) is 16.3. The van der Waals surface area contributed by atoms with Gasteiger partial charge in [0.15, 0.2) is 0 Å². The molecule has 2 unspecified atom stereocenters. The van der Waals surface area contributed by atoms with Crippen molar-refractivity contribution in [3.05, 3.63) is 0 Å². The number of carbonyl (C=O) groups excluding carboxylic acids is 2. The Morgan fingerprint density at radius 2 is 2.00 bits per heavy atom. The number of nitrogens with one attached hydrogen (secondary N) is 1. The average molecular weight is 362 g/mol. The lowest BCUT2D eigenvalue weighted by molar-refractivity contribution is -0.125. The predicted molar refractivity (Wildman–Crippen MR) is 93.3 cm³/mol. The van der Waals surface area contributed by atoms with E-state index >= 15 is 0 Å². The highest BCUT2D eigenvalue weighted by Crippen LogP contribution is 2.23. The van der Waals surface area contributed by atoms with E-state index in [1.807, 2.05) is 6.92 Å². The number of nitrogens with zero attached hydrogens (tertiary/aromatic N) is 1. The van der Waals surface area contributed by atoms with Crippen molar-refractivity contribution in [2.45, 2.75) is 63.5 Å². The molecular formula is C16H30N2O5S. The third-order valence-corrected chi connectivity index (χ3v) is 5.31. The highest BCUT2D eigenvalue weighted by Gasteiger charge is 2.41. The van der Waals surface area contributed by atoms with Gasteiger partial charge in [-0.25, -0.2) is 4.79 Å². The summed E-state index contributed by atoms with van der Waals surface area (Å²) in [6, 6.07) is -0.604. The Labute approximate surface area is 146 Å². The molecule has 0 aromatic rings. The third-order valence-electron chi connectivity index (χ3n) is 3.94. The van der Waals surface area contributed by atoms with Gasteiger partial charge in [-0.2, -0.15) is 0 Å². The zero-order chi connectivity index (χ0) is 18.5. The summed E-state index contributed by atoms with van der Waals surface area (Å²) in [5, 5.41) is 2.84. The molecule has 0 aliphatic carbocycles. The number of hydrogen-bond donors (Lipinski definition) is 1. The standard InChI is InChI=1S/C16H30N2O5S/c1-11(24(6)21)7-8-17-14(19)13-9-12(22-5)10-18(13)15(20)23-16(2,3)4/h11-13H,7-10H2,1-6H3,(H,17,19)/t11?,12-,13+,24?/m0/s1. The van der Waals surface area contributed by atoms with Crippen LogP contribution in [0.25, 0.3) is 0 Å². The number of hydrogen-bond acceptors (Lipinski definition) is 5. The van der Waals surface area contributed by atoms with Crippen molar-refractivity contribution in [1.29, 1.82) is 0 Å². The van der Waals surface area contributed by atoms with Crippen LogP contribution in [0.1, 0.15) is 40.5 Å². The molecule has 4 atom stereocenters. The van der Waals surface area contributed by atoms with Gasteiger partial charge in [-0.1, -0.05) is 6.92 Å². The first-order chi connectivity index (χ1) is 11.0. The van der Waals surface area contributed by atoms with E-state index in [0.717, 1.165) is 0 Å². The molecule has 0 saturated carbocycles. The van der Waals surface area contributed by atoms with Crippen LogP contribution < -0.4 is 5.32 Å². The fourth-order valence-electron chi connectivity index (χ4n) is 2.42. The second kappa shape index (κ2) is 8.80. The topological polar surface area (TPSA) is 84.9 Å². The second-order valence-corrected chi connectivity index (χ2v) is 8.93. The van der Waals surface area contributed by atoms with E-state index in [2.05, 4.69) is 5.32 Å². The largest absolute Gasteiger partial charge is 0.444 e. The maximum atomic E-state index is 12.4. The summed E-state index contributed by atoms with van der Waals surface area (Å²) in [6.45, 7) is 8.00. The van der Waals surface area contributed by atoms with Crippen molar-refractivity contribution >= 4 is 22.8 Å². The van der Waals surface area contributed by atoms with Gasteiger partial charge in [0.05, 0.1) is 12.6 Å². The summed E-state index contributed by atoms with van der Waals surface area (Å²) in [7, 11) is 0.650. The summed E-state index contributed by atoms with van der Waals surface area (Å²) >= 11 is 0. The molecule has 1 heterocycles. The Balaban J connectivity index is 2.65. The quantitative estimate of drug-likeness (QED) is 0.769. The van der Waals surface area contributed by atoms with E-state index in [4.69, 9.17) is 9.47 Å². The molecule has 1 aliphatic heterocycles. The van der Waals surface area contributed by atoms with E-state index < -0.39 is 28.5 Å². The van der Waals surface area contributed by atoms with Gasteiger partial charge in [0.1, 0.15) is 11.6 Å². The van der Waals surface area contributed by atoms with Gasteiger partial charge in [0.2, 0.25) is 5.91 Å². The predicted octanol–water partition coefficient (Wildman–Crippen LogP) is 1.28. The fraction of sp³-hybridized carbons (Fsp3) is 0.875. The molecule has 0 aromatic heterocycles. The zero-order valence-electron chi connectivity index (χ0n) is 15.5. The van der Waals surface area contributed by atoms with Crippen molar-refractivity contribution in [2.24, 2.45) is 0 Å². The van der Waals surface area contributed by atoms with Gasteiger partial charge in [0.25, 0.3) is 0 Å². The molecule has 1 rings (SSSR count). The van der Waals surface area contributed by atoms with Crippen LogP contribution in [-0.4, -0.2) is 70.6 Å². The molecule has 1 aliphatic rings. The SMILES string of the molecule is CO[C@H]1C[C@H](C(=O)NCCC(C)S(C)=O)N(C(=O)OC(C)(C)C)C1. The third kappa shape index (κ3) is 6.39. The molecule has 2 amide bonds. The van der Waals surface area contributed by atoms with Crippen LogP contribution in [0.3, 0.4) is 0 Å². The van der Waals surface area contributed by atoms with Crippen LogP contribution >= 0.6 is 0 Å². The Kier molecular flexibility index (Phi) is 7.66. The molecule has 0 spiro atoms. The first-order valence-electron chi connectivity index (χ1n) is 8.17. The van der Waals surface area contributed by atoms with Crippen molar-refractivity contribution in [1.82, 2.24) is 10.2 Å². The maximum Gasteiger partial charge on any atom is 0.411 e. The Hall–Kier alpha value is -1.15. The van der Waals surface area contributed by atoms with Gasteiger partial charge in [-0.15, -0.1) is 0 Å². The molecule has 0 aromatic carbocycles. The summed E-state index contributed by atoms with van der Waals surface area (Å²) in [6.07, 6.45) is 2.02. The van der Waals surface area contributed by atoms with Crippen LogP contribution in [-0.2, 0) is 25.1 Å². The first kappa shape index (κ1) is 20.9. The second-order valence-electron chi connectivity index (χ2n) is 7.13. The molecule has 1 fully saturated rings. The van der Waals surface area contributed by atoms with Crippen molar-refractivity contribution in [2.75, 3.05) is 26.5 Å². The van der Waals surface area contributed by atoms with Gasteiger partial charge in [-0.3, -0.25) is 13.9 Å². The molecular weight excluding hydrogens is 332 g/mol. The molecule has 1 N–H and O–H groups in total. The number of methoxy groups -OCH3 is 1. The van der Waals surface area contributed by atoms with E-state index in [1.165, 1.54) is 4.90 Å². The van der Waals surface area contributed by atoms with Gasteiger partial charge < -0.3 is 14.8 Å². The molecule has 7 nitrogen and oxygen atoms in total. The minimum absolute atomic E-state index is 0.0163. The van der Waals surface area contributed by atoms with Crippen molar-refractivity contribution in [3.8, 4) is 0 Å². The van der Waals surface area contributed by atoms with Crippen molar-refractivity contribution in [3.63, 3.8) is 0 Å². The lowest BCUT2D eigenvalue weighted by Gasteiger charge is -2.28. The Bertz CT molecular complexity index is 478. The summed E-state index contributed by atoms with van der Waals surface area (Å²) in [4.78, 5) is 26.2. The number of amides is 2. The summed E-state index contributed by atoms with van der Waals surface area (Å²) < 4.78 is 22.0. The molecule has 0 bridgehead atoms. The fourth-order valence-corrected chi connectivity index (χ4v) is 2.87. The molecule has 24 heavy (non-hydrogen) atoms. The van der Waals surface area contributed by atoms with E-state index in [1.54, 1.807) is 34.1 Å². The van der Waals surface area contributed by atoms with Crippen LogP contribution in [0.4, 0.5) is 4.79 Å². The molecule has 1 saturated heterocycles. The van der Waals surface area contributed by atoms with Crippen LogP contribution in [0.5, 0.6) is 0 Å². The van der Waals surface area contributed by atoms with Crippen molar-refractivity contribution < 1.29 is 23.3 Å². The molecule has 140 valence electrons. The maximum absolute atomic E-state index is 12.4. The van der Waals surface area contributed by atoms with Crippen LogP contribution in [0.2, 0.25) is 0 Å². The average Bonchev–Trinajstić information content (AvgIpc) is 2.89. The lowest BCUT2D eigenvalue weighted by atomic mass is 10.2. The number of carbonyl (C=O) groups is 2. The van der Waals surface area contributed by atoms with Crippen LogP contribution in [0, 0.1) is 0 Å². The van der Waals surface area contributed by atoms with E-state index in [9.17, 15) is 13.8 Å². The Morgan fingerprint density at radius 1 is 1.38 bits per heavy atom. The number of likely N-dealkylation sites (tertiary alicyclic amines) is 1. The molecule has 8 heteroatoms.